The Balaban J connectivity index is 1.68. The van der Waals surface area contributed by atoms with Crippen LogP contribution in [0.25, 0.3) is 0 Å². The van der Waals surface area contributed by atoms with E-state index in [2.05, 4.69) is 0 Å². The molecule has 1 aromatic carbocycles. The highest BCUT2D eigenvalue weighted by molar-refractivity contribution is 6.21. The minimum absolute atomic E-state index is 0.110. The lowest BCUT2D eigenvalue weighted by molar-refractivity contribution is 0.318. The highest BCUT2D eigenvalue weighted by atomic mass is 35.5. The molecule has 0 spiro atoms. The van der Waals surface area contributed by atoms with Crippen molar-refractivity contribution in [1.82, 2.24) is 0 Å². The van der Waals surface area contributed by atoms with Crippen LogP contribution in [0.1, 0.15) is 31.2 Å². The fourth-order valence-electron chi connectivity index (χ4n) is 3.76. The van der Waals surface area contributed by atoms with Crippen molar-refractivity contribution in [3.63, 3.8) is 0 Å². The molecule has 92 valence electrons. The summed E-state index contributed by atoms with van der Waals surface area (Å²) in [5.74, 6) is 2.23. The van der Waals surface area contributed by atoms with Gasteiger partial charge < -0.3 is 0 Å². The van der Waals surface area contributed by atoms with Crippen molar-refractivity contribution in [2.45, 2.75) is 37.5 Å². The van der Waals surface area contributed by atoms with Crippen molar-refractivity contribution in [2.24, 2.45) is 17.8 Å². The van der Waals surface area contributed by atoms with Gasteiger partial charge in [0.05, 0.1) is 0 Å². The number of hydrogen-bond acceptors (Lipinski definition) is 0. The lowest BCUT2D eigenvalue weighted by Crippen LogP contribution is -2.23. The molecule has 2 bridgehead atoms. The van der Waals surface area contributed by atoms with Gasteiger partial charge in [-0.15, -0.1) is 11.6 Å². The lowest BCUT2D eigenvalue weighted by atomic mass is 9.84. The molecule has 2 fully saturated rings. The molecule has 2 aliphatic rings. The highest BCUT2D eigenvalue weighted by Gasteiger charge is 2.42. The zero-order chi connectivity index (χ0) is 11.8. The van der Waals surface area contributed by atoms with Crippen LogP contribution in [0.5, 0.6) is 0 Å². The summed E-state index contributed by atoms with van der Waals surface area (Å²) in [7, 11) is 0. The fraction of sp³-hybridized carbons (Fsp3) is 0.600. The third-order valence-corrected chi connectivity index (χ3v) is 5.11. The van der Waals surface area contributed by atoms with Crippen LogP contribution in [-0.4, -0.2) is 5.38 Å². The summed E-state index contributed by atoms with van der Waals surface area (Å²) in [6.07, 6.45) is 6.06. The van der Waals surface area contributed by atoms with Crippen LogP contribution < -0.4 is 0 Å². The maximum absolute atomic E-state index is 13.6. The normalized spacial score (nSPS) is 32.9. The maximum atomic E-state index is 13.6. The van der Waals surface area contributed by atoms with Gasteiger partial charge in [-0.3, -0.25) is 0 Å². The van der Waals surface area contributed by atoms with E-state index in [4.69, 9.17) is 11.6 Å². The Morgan fingerprint density at radius 1 is 1.24 bits per heavy atom. The molecule has 0 radical (unpaired) electrons. The molecular formula is C15H18ClF. The van der Waals surface area contributed by atoms with E-state index >= 15 is 0 Å². The molecule has 2 heteroatoms. The molecule has 2 saturated carbocycles. The van der Waals surface area contributed by atoms with Gasteiger partial charge in [0.2, 0.25) is 0 Å². The first-order valence-electron chi connectivity index (χ1n) is 6.61. The number of halogens is 2. The second-order valence-electron chi connectivity index (χ2n) is 5.65. The van der Waals surface area contributed by atoms with Crippen LogP contribution in [-0.2, 0) is 6.42 Å². The average Bonchev–Trinajstić information content (AvgIpc) is 2.94. The molecule has 0 heterocycles. The zero-order valence-corrected chi connectivity index (χ0v) is 10.7. The monoisotopic (exact) mass is 252 g/mol. The van der Waals surface area contributed by atoms with Crippen LogP contribution in [0.2, 0.25) is 0 Å². The van der Waals surface area contributed by atoms with Gasteiger partial charge in [-0.1, -0.05) is 24.6 Å². The summed E-state index contributed by atoms with van der Waals surface area (Å²) < 4.78 is 13.6. The third kappa shape index (κ3) is 2.22. The van der Waals surface area contributed by atoms with E-state index in [9.17, 15) is 4.39 Å². The van der Waals surface area contributed by atoms with Crippen LogP contribution in [0, 0.1) is 23.6 Å². The van der Waals surface area contributed by atoms with E-state index in [1.54, 1.807) is 6.07 Å². The molecule has 2 aliphatic carbocycles. The van der Waals surface area contributed by atoms with Crippen LogP contribution >= 0.6 is 11.6 Å². The quantitative estimate of drug-likeness (QED) is 0.699. The summed E-state index contributed by atoms with van der Waals surface area (Å²) in [4.78, 5) is 0. The molecule has 0 N–H and O–H groups in total. The Kier molecular flexibility index (Phi) is 3.12. The first kappa shape index (κ1) is 11.5. The summed E-state index contributed by atoms with van der Waals surface area (Å²) in [6.45, 7) is 0. The van der Waals surface area contributed by atoms with E-state index in [1.165, 1.54) is 31.7 Å². The first-order chi connectivity index (χ1) is 8.24. The van der Waals surface area contributed by atoms with Gasteiger partial charge in [-0.05, 0) is 55.1 Å². The van der Waals surface area contributed by atoms with Gasteiger partial charge in [0.25, 0.3) is 0 Å². The topological polar surface area (TPSA) is 0 Å². The van der Waals surface area contributed by atoms with Gasteiger partial charge in [0.1, 0.15) is 5.82 Å². The van der Waals surface area contributed by atoms with Crippen molar-refractivity contribution in [2.75, 3.05) is 0 Å². The van der Waals surface area contributed by atoms with E-state index in [-0.39, 0.29) is 11.2 Å². The minimum atomic E-state index is -0.110. The zero-order valence-electron chi connectivity index (χ0n) is 9.91. The fourth-order valence-corrected chi connectivity index (χ4v) is 4.24. The second-order valence-corrected chi connectivity index (χ2v) is 6.21. The summed E-state index contributed by atoms with van der Waals surface area (Å²) in [6, 6.07) is 7.01. The number of benzene rings is 1. The van der Waals surface area contributed by atoms with E-state index in [0.717, 1.165) is 17.4 Å². The average molecular weight is 253 g/mol. The summed E-state index contributed by atoms with van der Waals surface area (Å²) in [5, 5.41) is 0.113. The Morgan fingerprint density at radius 2 is 2.06 bits per heavy atom. The minimum Gasteiger partial charge on any atom is -0.207 e. The predicted molar refractivity (Wildman–Crippen MR) is 68.7 cm³/mol. The molecule has 1 aromatic rings. The largest absolute Gasteiger partial charge is 0.207 e. The Hall–Kier alpha value is -0.560. The van der Waals surface area contributed by atoms with Crippen molar-refractivity contribution >= 4 is 11.6 Å². The van der Waals surface area contributed by atoms with Crippen LogP contribution in [0.4, 0.5) is 4.39 Å². The maximum Gasteiger partial charge on any atom is 0.126 e. The Bertz CT molecular complexity index is 404. The van der Waals surface area contributed by atoms with Gasteiger partial charge in [-0.2, -0.15) is 0 Å². The first-order valence-corrected chi connectivity index (χ1v) is 7.05. The lowest BCUT2D eigenvalue weighted by Gasteiger charge is -2.26. The molecule has 17 heavy (non-hydrogen) atoms. The van der Waals surface area contributed by atoms with Crippen molar-refractivity contribution in [1.29, 1.82) is 0 Å². The SMILES string of the molecule is Fc1ccccc1CC(Cl)C1CC2CCC1C2. The van der Waals surface area contributed by atoms with Crippen molar-refractivity contribution in [3.8, 4) is 0 Å². The van der Waals surface area contributed by atoms with Gasteiger partial charge in [0, 0.05) is 5.38 Å². The second kappa shape index (κ2) is 4.61. The Labute approximate surface area is 107 Å². The number of fused-ring (bicyclic) bond motifs is 2. The third-order valence-electron chi connectivity index (χ3n) is 4.63. The molecule has 0 amide bonds. The molecular weight excluding hydrogens is 235 g/mol. The number of alkyl halides is 1. The molecule has 4 atom stereocenters. The summed E-state index contributed by atoms with van der Waals surface area (Å²) >= 11 is 6.52. The van der Waals surface area contributed by atoms with E-state index in [1.807, 2.05) is 12.1 Å². The molecule has 4 unspecified atom stereocenters. The standard InChI is InChI=1S/C15H18ClF/c16-14(9-12-3-1-2-4-15(12)17)13-8-10-5-6-11(13)7-10/h1-4,10-11,13-14H,5-9H2. The van der Waals surface area contributed by atoms with E-state index in [0.29, 0.717) is 12.3 Å². The molecule has 0 aliphatic heterocycles. The van der Waals surface area contributed by atoms with Gasteiger partial charge in [0.15, 0.2) is 0 Å². The van der Waals surface area contributed by atoms with Crippen molar-refractivity contribution in [3.05, 3.63) is 35.6 Å². The Morgan fingerprint density at radius 3 is 2.71 bits per heavy atom. The van der Waals surface area contributed by atoms with Crippen LogP contribution in [0.3, 0.4) is 0 Å². The number of hydrogen-bond donors (Lipinski definition) is 0. The van der Waals surface area contributed by atoms with Crippen molar-refractivity contribution < 1.29 is 4.39 Å². The molecule has 3 rings (SSSR count). The number of rotatable bonds is 3. The summed E-state index contributed by atoms with van der Waals surface area (Å²) in [5.41, 5.74) is 0.773. The van der Waals surface area contributed by atoms with Gasteiger partial charge >= 0.3 is 0 Å². The van der Waals surface area contributed by atoms with E-state index < -0.39 is 0 Å². The molecule has 0 aromatic heterocycles. The van der Waals surface area contributed by atoms with Crippen LogP contribution in [0.15, 0.2) is 24.3 Å². The predicted octanol–water partition coefficient (Wildman–Crippen LogP) is 4.41. The smallest absolute Gasteiger partial charge is 0.126 e. The molecule has 0 nitrogen and oxygen atoms in total. The highest BCUT2D eigenvalue weighted by Crippen LogP contribution is 2.51. The van der Waals surface area contributed by atoms with Gasteiger partial charge in [-0.25, -0.2) is 4.39 Å². The molecule has 0 saturated heterocycles.